The van der Waals surface area contributed by atoms with Crippen molar-refractivity contribution in [2.75, 3.05) is 31.9 Å². The molecule has 7 nitrogen and oxygen atoms in total. The van der Waals surface area contributed by atoms with Gasteiger partial charge < -0.3 is 10.6 Å². The van der Waals surface area contributed by atoms with Gasteiger partial charge in [0.15, 0.2) is 5.65 Å². The Morgan fingerprint density at radius 1 is 1.18 bits per heavy atom. The maximum Gasteiger partial charge on any atom is 0.253 e. The normalized spacial score (nSPS) is 17.0. The summed E-state index contributed by atoms with van der Waals surface area (Å²) in [7, 11) is 0. The highest BCUT2D eigenvalue weighted by molar-refractivity contribution is 5.95. The van der Waals surface area contributed by atoms with Gasteiger partial charge >= 0.3 is 0 Å². The van der Waals surface area contributed by atoms with E-state index >= 15 is 0 Å². The standard InChI is InChI=1S/C21H26N6O/c1-3-25(4-2)17-12-13-26(14-17)20(28)16-10-8-15(9-11-16)18-6-5-7-19-23-21(22)24-27(18)19/h5-11,17H,3-4,12-14H2,1-2H3,(H2,22,24). The van der Waals surface area contributed by atoms with E-state index in [1.807, 2.05) is 47.4 Å². The van der Waals surface area contributed by atoms with Crippen LogP contribution in [0.1, 0.15) is 30.6 Å². The molecule has 1 aliphatic rings. The van der Waals surface area contributed by atoms with Crippen LogP contribution in [0.3, 0.4) is 0 Å². The van der Waals surface area contributed by atoms with E-state index in [1.165, 1.54) is 0 Å². The molecule has 0 spiro atoms. The molecule has 1 aromatic carbocycles. The first-order chi connectivity index (χ1) is 13.6. The molecule has 1 fully saturated rings. The van der Waals surface area contributed by atoms with E-state index in [0.717, 1.165) is 43.9 Å². The third-order valence-corrected chi connectivity index (χ3v) is 5.58. The van der Waals surface area contributed by atoms with Gasteiger partial charge in [-0.05, 0) is 43.8 Å². The van der Waals surface area contributed by atoms with Crippen molar-refractivity contribution in [3.8, 4) is 11.3 Å². The molecule has 0 radical (unpaired) electrons. The molecule has 1 atom stereocenters. The zero-order valence-corrected chi connectivity index (χ0v) is 16.4. The number of nitrogen functional groups attached to an aromatic ring is 1. The maximum atomic E-state index is 12.9. The number of nitrogens with two attached hydrogens (primary N) is 1. The number of hydrogen-bond donors (Lipinski definition) is 1. The van der Waals surface area contributed by atoms with Gasteiger partial charge in [-0.15, -0.1) is 5.10 Å². The van der Waals surface area contributed by atoms with Crippen LogP contribution in [0.2, 0.25) is 0 Å². The number of aromatic nitrogens is 3. The second-order valence-electron chi connectivity index (χ2n) is 7.14. The summed E-state index contributed by atoms with van der Waals surface area (Å²) in [5.41, 5.74) is 9.01. The van der Waals surface area contributed by atoms with E-state index in [9.17, 15) is 4.79 Å². The average molecular weight is 378 g/mol. The number of rotatable bonds is 5. The first kappa shape index (κ1) is 18.4. The van der Waals surface area contributed by atoms with Gasteiger partial charge in [0, 0.05) is 30.3 Å². The summed E-state index contributed by atoms with van der Waals surface area (Å²) >= 11 is 0. The van der Waals surface area contributed by atoms with Crippen LogP contribution in [-0.4, -0.2) is 62.5 Å². The Balaban J connectivity index is 1.53. The predicted octanol–water partition coefficient (Wildman–Crippen LogP) is 2.53. The fourth-order valence-electron chi connectivity index (χ4n) is 4.07. The number of anilines is 1. The Labute approximate surface area is 164 Å². The summed E-state index contributed by atoms with van der Waals surface area (Å²) in [6.07, 6.45) is 1.04. The molecule has 1 saturated heterocycles. The number of likely N-dealkylation sites (tertiary alicyclic amines) is 1. The molecular formula is C21H26N6O. The van der Waals surface area contributed by atoms with Crippen molar-refractivity contribution in [2.24, 2.45) is 0 Å². The number of carbonyl (C=O) groups excluding carboxylic acids is 1. The molecule has 0 saturated carbocycles. The molecule has 3 heterocycles. The zero-order chi connectivity index (χ0) is 19.7. The van der Waals surface area contributed by atoms with Gasteiger partial charge in [-0.3, -0.25) is 9.69 Å². The first-order valence-electron chi connectivity index (χ1n) is 9.85. The summed E-state index contributed by atoms with van der Waals surface area (Å²) < 4.78 is 1.72. The summed E-state index contributed by atoms with van der Waals surface area (Å²) in [5.74, 6) is 0.348. The molecule has 0 bridgehead atoms. The van der Waals surface area contributed by atoms with Crippen LogP contribution in [0.4, 0.5) is 5.95 Å². The minimum absolute atomic E-state index is 0.101. The lowest BCUT2D eigenvalue weighted by Crippen LogP contribution is -2.38. The smallest absolute Gasteiger partial charge is 0.253 e. The van der Waals surface area contributed by atoms with Gasteiger partial charge in [0.25, 0.3) is 5.91 Å². The van der Waals surface area contributed by atoms with Crippen molar-refractivity contribution < 1.29 is 4.79 Å². The molecule has 2 aromatic heterocycles. The van der Waals surface area contributed by atoms with Crippen LogP contribution >= 0.6 is 0 Å². The second-order valence-corrected chi connectivity index (χ2v) is 7.14. The number of benzene rings is 1. The molecule has 4 rings (SSSR count). The van der Waals surface area contributed by atoms with E-state index < -0.39 is 0 Å². The number of carbonyl (C=O) groups is 1. The highest BCUT2D eigenvalue weighted by Crippen LogP contribution is 2.23. The van der Waals surface area contributed by atoms with Gasteiger partial charge in [-0.25, -0.2) is 4.52 Å². The minimum atomic E-state index is 0.101. The average Bonchev–Trinajstić information content (AvgIpc) is 3.34. The number of pyridine rings is 1. The fourth-order valence-corrected chi connectivity index (χ4v) is 4.07. The number of amides is 1. The summed E-state index contributed by atoms with van der Waals surface area (Å²) in [4.78, 5) is 21.5. The number of hydrogen-bond acceptors (Lipinski definition) is 5. The third-order valence-electron chi connectivity index (χ3n) is 5.58. The van der Waals surface area contributed by atoms with Crippen molar-refractivity contribution in [1.82, 2.24) is 24.4 Å². The topological polar surface area (TPSA) is 79.8 Å². The Morgan fingerprint density at radius 3 is 2.64 bits per heavy atom. The SMILES string of the molecule is CCN(CC)C1CCN(C(=O)c2ccc(-c3cccc4nc(N)nn34)cc2)C1. The summed E-state index contributed by atoms with van der Waals surface area (Å²) in [6.45, 7) is 8.03. The monoisotopic (exact) mass is 378 g/mol. The fraction of sp³-hybridized carbons (Fsp3) is 0.381. The highest BCUT2D eigenvalue weighted by Gasteiger charge is 2.29. The molecule has 0 aliphatic carbocycles. The lowest BCUT2D eigenvalue weighted by molar-refractivity contribution is 0.0778. The van der Waals surface area contributed by atoms with Gasteiger partial charge in [-0.2, -0.15) is 4.98 Å². The Bertz CT molecular complexity index is 976. The largest absolute Gasteiger partial charge is 0.366 e. The number of fused-ring (bicyclic) bond motifs is 1. The Kier molecular flexibility index (Phi) is 5.00. The predicted molar refractivity (Wildman–Crippen MR) is 110 cm³/mol. The Hall–Kier alpha value is -2.93. The third kappa shape index (κ3) is 3.33. The van der Waals surface area contributed by atoms with E-state index in [1.54, 1.807) is 4.52 Å². The molecule has 28 heavy (non-hydrogen) atoms. The molecule has 1 amide bonds. The van der Waals surface area contributed by atoms with Crippen LogP contribution < -0.4 is 5.73 Å². The first-order valence-corrected chi connectivity index (χ1v) is 9.85. The van der Waals surface area contributed by atoms with Crippen LogP contribution in [0.5, 0.6) is 0 Å². The molecular weight excluding hydrogens is 352 g/mol. The van der Waals surface area contributed by atoms with Crippen molar-refractivity contribution >= 4 is 17.5 Å². The van der Waals surface area contributed by atoms with Crippen molar-refractivity contribution in [1.29, 1.82) is 0 Å². The van der Waals surface area contributed by atoms with Crippen molar-refractivity contribution in [3.05, 3.63) is 48.0 Å². The summed E-state index contributed by atoms with van der Waals surface area (Å²) in [5, 5.41) is 4.25. The highest BCUT2D eigenvalue weighted by atomic mass is 16.2. The van der Waals surface area contributed by atoms with Gasteiger partial charge in [-0.1, -0.05) is 32.0 Å². The quantitative estimate of drug-likeness (QED) is 0.738. The van der Waals surface area contributed by atoms with Crippen LogP contribution in [0.15, 0.2) is 42.5 Å². The number of nitrogens with zero attached hydrogens (tertiary/aromatic N) is 5. The molecule has 1 aliphatic heterocycles. The van der Waals surface area contributed by atoms with Crippen LogP contribution in [-0.2, 0) is 0 Å². The second kappa shape index (κ2) is 7.59. The lowest BCUT2D eigenvalue weighted by Gasteiger charge is -2.26. The maximum absolute atomic E-state index is 12.9. The van der Waals surface area contributed by atoms with Crippen LogP contribution in [0, 0.1) is 0 Å². The van der Waals surface area contributed by atoms with E-state index in [0.29, 0.717) is 17.3 Å². The zero-order valence-electron chi connectivity index (χ0n) is 16.4. The van der Waals surface area contributed by atoms with E-state index in [2.05, 4.69) is 28.8 Å². The lowest BCUT2D eigenvalue weighted by atomic mass is 10.1. The van der Waals surface area contributed by atoms with Gasteiger partial charge in [0.2, 0.25) is 5.95 Å². The Morgan fingerprint density at radius 2 is 1.93 bits per heavy atom. The van der Waals surface area contributed by atoms with E-state index in [4.69, 9.17) is 5.73 Å². The molecule has 7 heteroatoms. The number of likely N-dealkylation sites (N-methyl/N-ethyl adjacent to an activating group) is 1. The van der Waals surface area contributed by atoms with Gasteiger partial charge in [0.1, 0.15) is 0 Å². The molecule has 3 aromatic rings. The van der Waals surface area contributed by atoms with E-state index in [-0.39, 0.29) is 11.9 Å². The van der Waals surface area contributed by atoms with Crippen molar-refractivity contribution in [2.45, 2.75) is 26.3 Å². The van der Waals surface area contributed by atoms with Gasteiger partial charge in [0.05, 0.1) is 5.69 Å². The van der Waals surface area contributed by atoms with Crippen molar-refractivity contribution in [3.63, 3.8) is 0 Å². The van der Waals surface area contributed by atoms with Crippen LogP contribution in [0.25, 0.3) is 16.9 Å². The molecule has 2 N–H and O–H groups in total. The molecule has 1 unspecified atom stereocenters. The minimum Gasteiger partial charge on any atom is -0.366 e. The summed E-state index contributed by atoms with van der Waals surface area (Å²) in [6, 6.07) is 13.9. The molecule has 146 valence electrons.